The van der Waals surface area contributed by atoms with Crippen LogP contribution in [0.15, 0.2) is 42.5 Å². The highest BCUT2D eigenvalue weighted by Crippen LogP contribution is 2.19. The Labute approximate surface area is 209 Å². The minimum absolute atomic E-state index is 0.231. The molecule has 0 aliphatic heterocycles. The Bertz CT molecular complexity index is 760. The number of hydrogen-bond donors (Lipinski definition) is 3. The third kappa shape index (κ3) is 13.4. The van der Waals surface area contributed by atoms with Gasteiger partial charge in [0.1, 0.15) is 5.92 Å². The van der Waals surface area contributed by atoms with E-state index in [9.17, 15) is 24.6 Å². The number of hydrogen-bond acceptors (Lipinski definition) is 7. The molecule has 3 atom stereocenters. The van der Waals surface area contributed by atoms with Crippen LogP contribution >= 0.6 is 0 Å². The first-order valence-electron chi connectivity index (χ1n) is 12.9. The molecule has 1 aromatic rings. The molecule has 0 saturated heterocycles. The second-order valence-electron chi connectivity index (χ2n) is 8.92. The van der Waals surface area contributed by atoms with Gasteiger partial charge in [-0.25, -0.2) is 4.79 Å². The fraction of sp³-hybridized carbons (Fsp3) is 0.607. The number of allylic oxidation sites excluding steroid dienone is 1. The van der Waals surface area contributed by atoms with Crippen LogP contribution < -0.4 is 0 Å². The second kappa shape index (κ2) is 18.9. The van der Waals surface area contributed by atoms with Gasteiger partial charge in [0, 0.05) is 5.56 Å². The summed E-state index contributed by atoms with van der Waals surface area (Å²) in [6, 6.07) is 8.33. The summed E-state index contributed by atoms with van der Waals surface area (Å²) >= 11 is 0. The van der Waals surface area contributed by atoms with E-state index < -0.39 is 36.4 Å². The monoisotopic (exact) mass is 490 g/mol. The van der Waals surface area contributed by atoms with Crippen LogP contribution in [0.5, 0.6) is 0 Å². The molecule has 196 valence electrons. The van der Waals surface area contributed by atoms with Gasteiger partial charge in [-0.3, -0.25) is 9.59 Å². The van der Waals surface area contributed by atoms with Gasteiger partial charge in [-0.1, -0.05) is 94.4 Å². The van der Waals surface area contributed by atoms with Gasteiger partial charge >= 0.3 is 11.9 Å². The zero-order chi connectivity index (χ0) is 25.9. The number of aliphatic hydroxyl groups is 3. The molecule has 0 saturated carbocycles. The molecule has 35 heavy (non-hydrogen) atoms. The summed E-state index contributed by atoms with van der Waals surface area (Å²) in [7, 11) is 0. The molecule has 0 aliphatic carbocycles. The van der Waals surface area contributed by atoms with E-state index in [0.717, 1.165) is 38.5 Å². The number of unbranched alkanes of at least 4 members (excludes halogenated alkanes) is 7. The van der Waals surface area contributed by atoms with Crippen molar-refractivity contribution in [2.75, 3.05) is 6.61 Å². The number of benzene rings is 1. The molecule has 0 radical (unpaired) electrons. The molecule has 3 unspecified atom stereocenters. The van der Waals surface area contributed by atoms with Crippen molar-refractivity contribution in [1.29, 1.82) is 0 Å². The van der Waals surface area contributed by atoms with Crippen molar-refractivity contribution in [2.45, 2.75) is 96.2 Å². The topological polar surface area (TPSA) is 121 Å². The minimum Gasteiger partial charge on any atom is -0.393 e. The zero-order valence-electron chi connectivity index (χ0n) is 20.9. The van der Waals surface area contributed by atoms with Gasteiger partial charge in [-0.15, -0.1) is 0 Å². The van der Waals surface area contributed by atoms with Gasteiger partial charge in [-0.2, -0.15) is 0 Å². The maximum atomic E-state index is 12.8. The van der Waals surface area contributed by atoms with Crippen LogP contribution in [0.3, 0.4) is 0 Å². The lowest BCUT2D eigenvalue weighted by Gasteiger charge is -2.15. The molecule has 0 aliphatic rings. The molecular weight excluding hydrogens is 448 g/mol. The van der Waals surface area contributed by atoms with Crippen LogP contribution in [-0.2, 0) is 14.3 Å². The van der Waals surface area contributed by atoms with E-state index in [1.165, 1.54) is 19.3 Å². The Kier molecular flexibility index (Phi) is 16.6. The Hall–Kier alpha value is -2.35. The van der Waals surface area contributed by atoms with Crippen molar-refractivity contribution >= 4 is 17.7 Å². The Morgan fingerprint density at radius 1 is 0.857 bits per heavy atom. The molecule has 7 heteroatoms. The average molecular weight is 491 g/mol. The van der Waals surface area contributed by atoms with Gasteiger partial charge < -0.3 is 20.1 Å². The van der Waals surface area contributed by atoms with E-state index in [2.05, 4.69) is 17.7 Å². The molecule has 0 aromatic heterocycles. The normalized spacial score (nSPS) is 13.9. The summed E-state index contributed by atoms with van der Waals surface area (Å²) in [5, 5.41) is 28.2. The molecule has 0 amide bonds. The zero-order valence-corrected chi connectivity index (χ0v) is 20.9. The van der Waals surface area contributed by atoms with E-state index in [1.54, 1.807) is 30.3 Å². The molecule has 3 N–H and O–H groups in total. The number of carbonyl (C=O) groups is 3. The Morgan fingerprint density at radius 2 is 1.51 bits per heavy atom. The third-order valence-corrected chi connectivity index (χ3v) is 5.88. The summed E-state index contributed by atoms with van der Waals surface area (Å²) in [6.45, 7) is 1.31. The van der Waals surface area contributed by atoms with Crippen LogP contribution in [0.1, 0.15) is 94.3 Å². The molecule has 1 rings (SSSR count). The van der Waals surface area contributed by atoms with Crippen molar-refractivity contribution in [2.24, 2.45) is 5.92 Å². The highest BCUT2D eigenvalue weighted by atomic mass is 16.6. The lowest BCUT2D eigenvalue weighted by atomic mass is 9.92. The number of Topliss-reactive ketones (excluding diaryl/α,β-unsaturated/α-hetero) is 1. The van der Waals surface area contributed by atoms with E-state index >= 15 is 0 Å². The first-order valence-corrected chi connectivity index (χ1v) is 12.9. The molecule has 7 nitrogen and oxygen atoms in total. The SMILES string of the molecule is CCCCCCC(O)C/C=C\CCCCCCC(C(=O)OC(=O)C(O)CO)C(=O)c1ccccc1. The number of ether oxygens (including phenoxy) is 1. The van der Waals surface area contributed by atoms with Crippen LogP contribution in [0.25, 0.3) is 0 Å². The number of rotatable bonds is 19. The lowest BCUT2D eigenvalue weighted by Crippen LogP contribution is -2.34. The fourth-order valence-corrected chi connectivity index (χ4v) is 3.73. The predicted octanol–water partition coefficient (Wildman–Crippen LogP) is 4.53. The van der Waals surface area contributed by atoms with E-state index in [4.69, 9.17) is 5.11 Å². The van der Waals surface area contributed by atoms with Crippen LogP contribution in [0.2, 0.25) is 0 Å². The maximum absolute atomic E-state index is 12.8. The highest BCUT2D eigenvalue weighted by molar-refractivity contribution is 6.10. The summed E-state index contributed by atoms with van der Waals surface area (Å²) < 4.78 is 4.65. The summed E-state index contributed by atoms with van der Waals surface area (Å²) in [4.78, 5) is 37.0. The average Bonchev–Trinajstić information content (AvgIpc) is 2.87. The van der Waals surface area contributed by atoms with Crippen LogP contribution in [-0.4, -0.2) is 51.9 Å². The first-order chi connectivity index (χ1) is 16.9. The van der Waals surface area contributed by atoms with E-state index in [-0.39, 0.29) is 12.5 Å². The largest absolute Gasteiger partial charge is 0.393 e. The van der Waals surface area contributed by atoms with Crippen LogP contribution in [0.4, 0.5) is 0 Å². The lowest BCUT2D eigenvalue weighted by molar-refractivity contribution is -0.168. The highest BCUT2D eigenvalue weighted by Gasteiger charge is 2.31. The molecule has 0 spiro atoms. The van der Waals surface area contributed by atoms with Gasteiger partial charge in [0.05, 0.1) is 12.7 Å². The first kappa shape index (κ1) is 30.7. The van der Waals surface area contributed by atoms with Gasteiger partial charge in [0.15, 0.2) is 11.9 Å². The van der Waals surface area contributed by atoms with Crippen molar-refractivity contribution in [3.8, 4) is 0 Å². The summed E-state index contributed by atoms with van der Waals surface area (Å²) in [5.41, 5.74) is 0.349. The number of esters is 2. The summed E-state index contributed by atoms with van der Waals surface area (Å²) in [5.74, 6) is -3.85. The van der Waals surface area contributed by atoms with Crippen molar-refractivity contribution < 1.29 is 34.4 Å². The van der Waals surface area contributed by atoms with E-state index in [0.29, 0.717) is 18.4 Å². The molecular formula is C28H42O7. The van der Waals surface area contributed by atoms with Crippen LogP contribution in [0, 0.1) is 5.92 Å². The van der Waals surface area contributed by atoms with Crippen molar-refractivity contribution in [1.82, 2.24) is 0 Å². The Morgan fingerprint density at radius 3 is 2.20 bits per heavy atom. The molecule has 0 fully saturated rings. The fourth-order valence-electron chi connectivity index (χ4n) is 3.73. The quantitative estimate of drug-likeness (QED) is 0.0856. The van der Waals surface area contributed by atoms with Gasteiger partial charge in [0.25, 0.3) is 0 Å². The van der Waals surface area contributed by atoms with Gasteiger partial charge in [0.2, 0.25) is 0 Å². The number of aliphatic hydroxyl groups excluding tert-OH is 3. The van der Waals surface area contributed by atoms with Crippen molar-refractivity contribution in [3.05, 3.63) is 48.0 Å². The smallest absolute Gasteiger partial charge is 0.345 e. The van der Waals surface area contributed by atoms with E-state index in [1.807, 2.05) is 6.08 Å². The second-order valence-corrected chi connectivity index (χ2v) is 8.92. The standard InChI is InChI=1S/C28H42O7/c1-2-3-4-13-18-23(30)19-14-8-6-5-7-9-15-20-24(26(32)22-16-11-10-12-17-22)27(33)35-28(34)25(31)21-29/h8,10-12,14,16-17,23-25,29-31H,2-7,9,13,15,18-21H2,1H3/b14-8-. The maximum Gasteiger partial charge on any atom is 0.345 e. The minimum atomic E-state index is -1.82. The molecule has 0 bridgehead atoms. The molecule has 0 heterocycles. The third-order valence-electron chi connectivity index (χ3n) is 5.88. The van der Waals surface area contributed by atoms with Gasteiger partial charge in [-0.05, 0) is 32.1 Å². The molecule has 1 aromatic carbocycles. The summed E-state index contributed by atoms with van der Waals surface area (Å²) in [6.07, 6.45) is 12.7. The Balaban J connectivity index is 2.40. The predicted molar refractivity (Wildman–Crippen MR) is 135 cm³/mol. The number of ketones is 1. The van der Waals surface area contributed by atoms with Crippen molar-refractivity contribution in [3.63, 3.8) is 0 Å². The number of carbonyl (C=O) groups excluding carboxylic acids is 3.